The predicted molar refractivity (Wildman–Crippen MR) is 81.3 cm³/mol. The molecule has 0 spiro atoms. The van der Waals surface area contributed by atoms with Crippen LogP contribution < -0.4 is 4.74 Å². The van der Waals surface area contributed by atoms with Crippen molar-refractivity contribution in [1.82, 2.24) is 0 Å². The topological polar surface area (TPSA) is 9.23 Å². The van der Waals surface area contributed by atoms with Crippen LogP contribution >= 0.6 is 11.6 Å². The van der Waals surface area contributed by atoms with Crippen molar-refractivity contribution in [2.75, 3.05) is 13.0 Å². The molecule has 2 rings (SSSR count). The summed E-state index contributed by atoms with van der Waals surface area (Å²) >= 11 is 6.10. The van der Waals surface area contributed by atoms with Gasteiger partial charge in [-0.1, -0.05) is 36.4 Å². The van der Waals surface area contributed by atoms with E-state index in [1.165, 1.54) is 18.2 Å². The molecule has 0 aliphatic rings. The van der Waals surface area contributed by atoms with Crippen LogP contribution in [0.5, 0.6) is 5.75 Å². The SMILES string of the molecule is COc1cccc(CC(CCl)c2ccccc2C)c1F. The first-order chi connectivity index (χ1) is 9.67. The average Bonchev–Trinajstić information content (AvgIpc) is 2.47. The average molecular weight is 293 g/mol. The summed E-state index contributed by atoms with van der Waals surface area (Å²) in [5.74, 6) is 0.542. The van der Waals surface area contributed by atoms with Gasteiger partial charge in [0.1, 0.15) is 0 Å². The van der Waals surface area contributed by atoms with Crippen LogP contribution in [0, 0.1) is 12.7 Å². The molecule has 0 N–H and O–H groups in total. The van der Waals surface area contributed by atoms with Crippen molar-refractivity contribution in [3.8, 4) is 5.75 Å². The highest BCUT2D eigenvalue weighted by molar-refractivity contribution is 6.18. The number of methoxy groups -OCH3 is 1. The second-order valence-electron chi connectivity index (χ2n) is 4.85. The van der Waals surface area contributed by atoms with Gasteiger partial charge in [0.2, 0.25) is 0 Å². The van der Waals surface area contributed by atoms with Crippen LogP contribution in [0.2, 0.25) is 0 Å². The van der Waals surface area contributed by atoms with Gasteiger partial charge in [-0.25, -0.2) is 4.39 Å². The van der Waals surface area contributed by atoms with Crippen LogP contribution in [0.1, 0.15) is 22.6 Å². The van der Waals surface area contributed by atoms with Gasteiger partial charge in [-0.15, -0.1) is 11.6 Å². The summed E-state index contributed by atoms with van der Waals surface area (Å²) < 4.78 is 19.2. The number of hydrogen-bond donors (Lipinski definition) is 0. The lowest BCUT2D eigenvalue weighted by molar-refractivity contribution is 0.383. The molecule has 0 aliphatic carbocycles. The minimum absolute atomic E-state index is 0.0967. The van der Waals surface area contributed by atoms with E-state index in [0.717, 1.165) is 0 Å². The maximum absolute atomic E-state index is 14.2. The summed E-state index contributed by atoms with van der Waals surface area (Å²) in [6, 6.07) is 13.3. The number of rotatable bonds is 5. The molecule has 1 unspecified atom stereocenters. The molecule has 2 aromatic rings. The van der Waals surface area contributed by atoms with Gasteiger partial charge in [0.15, 0.2) is 11.6 Å². The molecular formula is C17H18ClFO. The van der Waals surface area contributed by atoms with Crippen LogP contribution in [0.15, 0.2) is 42.5 Å². The van der Waals surface area contributed by atoms with Crippen molar-refractivity contribution in [1.29, 1.82) is 0 Å². The van der Waals surface area contributed by atoms with Gasteiger partial charge in [-0.05, 0) is 36.1 Å². The molecular weight excluding hydrogens is 275 g/mol. The first-order valence-corrected chi connectivity index (χ1v) is 7.13. The van der Waals surface area contributed by atoms with E-state index in [2.05, 4.69) is 19.1 Å². The number of aryl methyl sites for hydroxylation is 1. The van der Waals surface area contributed by atoms with Crippen LogP contribution in [0.25, 0.3) is 0 Å². The maximum Gasteiger partial charge on any atom is 0.168 e. The Morgan fingerprint density at radius 2 is 1.90 bits per heavy atom. The Hall–Kier alpha value is -1.54. The van der Waals surface area contributed by atoms with Gasteiger partial charge >= 0.3 is 0 Å². The molecule has 3 heteroatoms. The quantitative estimate of drug-likeness (QED) is 0.725. The third-order valence-electron chi connectivity index (χ3n) is 3.54. The van der Waals surface area contributed by atoms with Gasteiger partial charge in [0.25, 0.3) is 0 Å². The Kier molecular flexibility index (Phi) is 5.02. The van der Waals surface area contributed by atoms with E-state index in [4.69, 9.17) is 16.3 Å². The zero-order valence-electron chi connectivity index (χ0n) is 11.7. The molecule has 0 aromatic heterocycles. The molecule has 0 saturated carbocycles. The maximum atomic E-state index is 14.2. The Labute approximate surface area is 124 Å². The van der Waals surface area contributed by atoms with E-state index in [0.29, 0.717) is 17.9 Å². The Morgan fingerprint density at radius 1 is 1.15 bits per heavy atom. The number of halogens is 2. The minimum Gasteiger partial charge on any atom is -0.494 e. The largest absolute Gasteiger partial charge is 0.494 e. The summed E-state index contributed by atoms with van der Waals surface area (Å²) in [7, 11) is 1.47. The molecule has 2 aromatic carbocycles. The van der Waals surface area contributed by atoms with Gasteiger partial charge in [-0.2, -0.15) is 0 Å². The standard InChI is InChI=1S/C17H18ClFO/c1-12-6-3-4-8-15(12)14(11-18)10-13-7-5-9-16(20-2)17(13)19/h3-9,14H,10-11H2,1-2H3. The van der Waals surface area contributed by atoms with Crippen LogP contribution in [-0.2, 0) is 6.42 Å². The van der Waals surface area contributed by atoms with Gasteiger partial charge in [-0.3, -0.25) is 0 Å². The zero-order valence-corrected chi connectivity index (χ0v) is 12.5. The number of hydrogen-bond acceptors (Lipinski definition) is 1. The van der Waals surface area contributed by atoms with Crippen LogP contribution in [-0.4, -0.2) is 13.0 Å². The van der Waals surface area contributed by atoms with E-state index >= 15 is 0 Å². The molecule has 0 bridgehead atoms. The molecule has 106 valence electrons. The Balaban J connectivity index is 2.30. The van der Waals surface area contributed by atoms with Gasteiger partial charge in [0.05, 0.1) is 7.11 Å². The van der Waals surface area contributed by atoms with Crippen LogP contribution in [0.4, 0.5) is 4.39 Å². The molecule has 20 heavy (non-hydrogen) atoms. The number of benzene rings is 2. The lowest BCUT2D eigenvalue weighted by atomic mass is 9.90. The summed E-state index contributed by atoms with van der Waals surface area (Å²) in [5, 5.41) is 0. The van der Waals surface area contributed by atoms with E-state index in [-0.39, 0.29) is 17.5 Å². The molecule has 0 radical (unpaired) electrons. The highest BCUT2D eigenvalue weighted by Crippen LogP contribution is 2.28. The fourth-order valence-electron chi connectivity index (χ4n) is 2.43. The number of alkyl halides is 1. The first kappa shape index (κ1) is 14.9. The van der Waals surface area contributed by atoms with Crippen molar-refractivity contribution in [3.05, 3.63) is 65.0 Å². The normalized spacial score (nSPS) is 12.2. The summed E-state index contributed by atoms with van der Waals surface area (Å²) in [4.78, 5) is 0. The Morgan fingerprint density at radius 3 is 2.55 bits per heavy atom. The van der Waals surface area contributed by atoms with Crippen molar-refractivity contribution in [2.45, 2.75) is 19.3 Å². The van der Waals surface area contributed by atoms with Crippen molar-refractivity contribution >= 4 is 11.6 Å². The summed E-state index contributed by atoms with van der Waals surface area (Å²) in [5.41, 5.74) is 2.99. The van der Waals surface area contributed by atoms with Crippen molar-refractivity contribution in [2.24, 2.45) is 0 Å². The van der Waals surface area contributed by atoms with Crippen molar-refractivity contribution in [3.63, 3.8) is 0 Å². The molecule has 1 nitrogen and oxygen atoms in total. The molecule has 0 heterocycles. The van der Waals surface area contributed by atoms with Gasteiger partial charge < -0.3 is 4.74 Å². The number of ether oxygens (including phenoxy) is 1. The highest BCUT2D eigenvalue weighted by Gasteiger charge is 2.17. The minimum atomic E-state index is -0.293. The third-order valence-corrected chi connectivity index (χ3v) is 3.92. The monoisotopic (exact) mass is 292 g/mol. The third kappa shape index (κ3) is 3.13. The fourth-order valence-corrected chi connectivity index (χ4v) is 2.70. The van der Waals surface area contributed by atoms with E-state index in [1.807, 2.05) is 12.1 Å². The van der Waals surface area contributed by atoms with Gasteiger partial charge in [0, 0.05) is 11.8 Å². The smallest absolute Gasteiger partial charge is 0.168 e. The summed E-state index contributed by atoms with van der Waals surface area (Å²) in [6.07, 6.45) is 0.567. The van der Waals surface area contributed by atoms with E-state index in [1.54, 1.807) is 18.2 Å². The van der Waals surface area contributed by atoms with E-state index in [9.17, 15) is 4.39 Å². The lowest BCUT2D eigenvalue weighted by Crippen LogP contribution is -2.08. The predicted octanol–water partition coefficient (Wildman–Crippen LogP) is 4.71. The zero-order chi connectivity index (χ0) is 14.5. The second kappa shape index (κ2) is 6.76. The lowest BCUT2D eigenvalue weighted by Gasteiger charge is -2.18. The molecule has 0 fully saturated rings. The Bertz CT molecular complexity index is 583. The molecule has 0 saturated heterocycles. The molecule has 0 amide bonds. The second-order valence-corrected chi connectivity index (χ2v) is 5.15. The first-order valence-electron chi connectivity index (χ1n) is 6.60. The van der Waals surface area contributed by atoms with Crippen molar-refractivity contribution < 1.29 is 9.13 Å². The molecule has 1 atom stereocenters. The van der Waals surface area contributed by atoms with Crippen LogP contribution in [0.3, 0.4) is 0 Å². The summed E-state index contributed by atoms with van der Waals surface area (Å²) in [6.45, 7) is 2.05. The molecule has 0 aliphatic heterocycles. The highest BCUT2D eigenvalue weighted by atomic mass is 35.5. The fraction of sp³-hybridized carbons (Fsp3) is 0.294. The van der Waals surface area contributed by atoms with E-state index < -0.39 is 0 Å².